The summed E-state index contributed by atoms with van der Waals surface area (Å²) in [6.07, 6.45) is 2.93. The fourth-order valence-corrected chi connectivity index (χ4v) is 2.71. The van der Waals surface area contributed by atoms with Gasteiger partial charge in [0.15, 0.2) is 5.78 Å². The molecule has 0 saturated heterocycles. The maximum Gasteiger partial charge on any atom is 0.316 e. The van der Waals surface area contributed by atoms with Gasteiger partial charge in [-0.1, -0.05) is 35.3 Å². The third-order valence-electron chi connectivity index (χ3n) is 3.88. The number of rotatable bonds is 5. The third-order valence-corrected chi connectivity index (χ3v) is 4.38. The van der Waals surface area contributed by atoms with Crippen LogP contribution in [0.15, 0.2) is 70.5 Å². The Bertz CT molecular complexity index is 1050. The largest absolute Gasteiger partial charge is 0.316 e. The van der Waals surface area contributed by atoms with E-state index in [1.54, 1.807) is 48.5 Å². The van der Waals surface area contributed by atoms with Gasteiger partial charge in [-0.05, 0) is 42.0 Å². The van der Waals surface area contributed by atoms with Crippen LogP contribution in [0.3, 0.4) is 0 Å². The van der Waals surface area contributed by atoms with Gasteiger partial charge in [0.1, 0.15) is 0 Å². The van der Waals surface area contributed by atoms with Crippen LogP contribution in [0.5, 0.6) is 0 Å². The predicted molar refractivity (Wildman–Crippen MR) is 101 cm³/mol. The molecule has 0 N–H and O–H groups in total. The maximum atomic E-state index is 12.3. The van der Waals surface area contributed by atoms with Crippen molar-refractivity contribution in [2.24, 2.45) is 0 Å². The van der Waals surface area contributed by atoms with E-state index in [2.05, 4.69) is 0 Å². The van der Waals surface area contributed by atoms with Crippen molar-refractivity contribution < 1.29 is 4.79 Å². The van der Waals surface area contributed by atoms with Crippen molar-refractivity contribution >= 4 is 29.0 Å². The van der Waals surface area contributed by atoms with Gasteiger partial charge in [-0.2, -0.15) is 0 Å². The Balaban J connectivity index is 1.82. The molecule has 1 aromatic heterocycles. The summed E-state index contributed by atoms with van der Waals surface area (Å²) in [5.74, 6) is -0.279. The van der Waals surface area contributed by atoms with Crippen LogP contribution in [0.1, 0.15) is 15.9 Å². The SMILES string of the molecule is O=C(Cn1ccn(Cc2ccc(Cl)cc2)c(=O)c1=O)c1ccc(Cl)cc1. The number of carbonyl (C=O) groups is 1. The highest BCUT2D eigenvalue weighted by Gasteiger charge is 2.11. The molecule has 0 spiro atoms. The lowest BCUT2D eigenvalue weighted by Crippen LogP contribution is -2.41. The molecule has 2 aromatic carbocycles. The van der Waals surface area contributed by atoms with Gasteiger partial charge in [-0.15, -0.1) is 0 Å². The van der Waals surface area contributed by atoms with Crippen molar-refractivity contribution in [3.63, 3.8) is 0 Å². The minimum atomic E-state index is -0.747. The molecule has 0 aliphatic heterocycles. The van der Waals surface area contributed by atoms with Crippen molar-refractivity contribution in [2.45, 2.75) is 13.1 Å². The predicted octanol–water partition coefficient (Wildman–Crippen LogP) is 3.25. The van der Waals surface area contributed by atoms with Crippen molar-refractivity contribution in [1.29, 1.82) is 0 Å². The van der Waals surface area contributed by atoms with Crippen LogP contribution >= 0.6 is 23.2 Å². The van der Waals surface area contributed by atoms with Crippen LogP contribution in [-0.2, 0) is 13.1 Å². The number of Topliss-reactive ketones (excluding diaryl/α,β-unsaturated/α-hetero) is 1. The number of nitrogens with zero attached hydrogens (tertiary/aromatic N) is 2. The Labute approximate surface area is 159 Å². The smallest absolute Gasteiger partial charge is 0.305 e. The average Bonchev–Trinajstić information content (AvgIpc) is 2.63. The van der Waals surface area contributed by atoms with Crippen LogP contribution in [0.2, 0.25) is 10.0 Å². The van der Waals surface area contributed by atoms with E-state index in [9.17, 15) is 14.4 Å². The molecular formula is C19H14Cl2N2O3. The molecule has 5 nitrogen and oxygen atoms in total. The van der Waals surface area contributed by atoms with Crippen molar-refractivity contribution in [3.05, 3.63) is 103 Å². The van der Waals surface area contributed by atoms with E-state index < -0.39 is 11.1 Å². The van der Waals surface area contributed by atoms with Crippen LogP contribution in [0, 0.1) is 0 Å². The fourth-order valence-electron chi connectivity index (χ4n) is 2.46. The molecule has 0 radical (unpaired) electrons. The zero-order chi connectivity index (χ0) is 18.7. The molecule has 26 heavy (non-hydrogen) atoms. The van der Waals surface area contributed by atoms with Crippen LogP contribution in [0.25, 0.3) is 0 Å². The van der Waals surface area contributed by atoms with Gasteiger partial charge in [0.05, 0.1) is 13.1 Å². The second-order valence-electron chi connectivity index (χ2n) is 5.72. The van der Waals surface area contributed by atoms with E-state index in [1.807, 2.05) is 0 Å². The lowest BCUT2D eigenvalue weighted by Gasteiger charge is -2.09. The number of halogens is 2. The first-order valence-electron chi connectivity index (χ1n) is 7.77. The van der Waals surface area contributed by atoms with Crippen LogP contribution in [-0.4, -0.2) is 14.9 Å². The lowest BCUT2D eigenvalue weighted by molar-refractivity contribution is 0.0970. The van der Waals surface area contributed by atoms with Gasteiger partial charge in [-0.25, -0.2) is 0 Å². The first kappa shape index (κ1) is 18.2. The van der Waals surface area contributed by atoms with Gasteiger partial charge < -0.3 is 9.13 Å². The minimum Gasteiger partial charge on any atom is -0.305 e. The molecule has 0 unspecified atom stereocenters. The van der Waals surface area contributed by atoms with Gasteiger partial charge in [0, 0.05) is 28.0 Å². The number of ketones is 1. The summed E-state index contributed by atoms with van der Waals surface area (Å²) >= 11 is 11.6. The van der Waals surface area contributed by atoms with Crippen LogP contribution in [0.4, 0.5) is 0 Å². The fraction of sp³-hybridized carbons (Fsp3) is 0.105. The molecular weight excluding hydrogens is 375 g/mol. The first-order chi connectivity index (χ1) is 12.4. The molecule has 0 fully saturated rings. The average molecular weight is 389 g/mol. The van der Waals surface area contributed by atoms with Crippen molar-refractivity contribution in [1.82, 2.24) is 9.13 Å². The molecule has 7 heteroatoms. The molecule has 132 valence electrons. The standard InChI is InChI=1S/C19H14Cl2N2O3/c20-15-5-1-13(2-6-15)11-22-9-10-23(19(26)18(22)25)12-17(24)14-3-7-16(21)8-4-14/h1-10H,11-12H2. The van der Waals surface area contributed by atoms with Gasteiger partial charge in [0.2, 0.25) is 0 Å². The lowest BCUT2D eigenvalue weighted by atomic mass is 10.1. The van der Waals surface area contributed by atoms with Crippen LogP contribution < -0.4 is 11.1 Å². The Morgan fingerprint density at radius 3 is 1.88 bits per heavy atom. The summed E-state index contributed by atoms with van der Waals surface area (Å²) in [6, 6.07) is 13.4. The molecule has 0 aliphatic carbocycles. The van der Waals surface area contributed by atoms with Crippen molar-refractivity contribution in [3.8, 4) is 0 Å². The van der Waals surface area contributed by atoms with E-state index >= 15 is 0 Å². The molecule has 1 heterocycles. The van der Waals surface area contributed by atoms with Gasteiger partial charge in [0.25, 0.3) is 0 Å². The highest BCUT2D eigenvalue weighted by atomic mass is 35.5. The maximum absolute atomic E-state index is 12.3. The summed E-state index contributed by atoms with van der Waals surface area (Å²) in [5.41, 5.74) is -0.173. The highest BCUT2D eigenvalue weighted by Crippen LogP contribution is 2.11. The highest BCUT2D eigenvalue weighted by molar-refractivity contribution is 6.30. The first-order valence-corrected chi connectivity index (χ1v) is 8.53. The van der Waals surface area contributed by atoms with Gasteiger partial charge >= 0.3 is 11.1 Å². The summed E-state index contributed by atoms with van der Waals surface area (Å²) in [4.78, 5) is 36.9. The normalized spacial score (nSPS) is 10.7. The zero-order valence-electron chi connectivity index (χ0n) is 13.6. The molecule has 0 amide bonds. The second kappa shape index (κ2) is 7.72. The van der Waals surface area contributed by atoms with Gasteiger partial charge in [-0.3, -0.25) is 14.4 Å². The Kier molecular flexibility index (Phi) is 5.40. The van der Waals surface area contributed by atoms with E-state index in [4.69, 9.17) is 23.2 Å². The summed E-state index contributed by atoms with van der Waals surface area (Å²) in [7, 11) is 0. The molecule has 3 aromatic rings. The number of carbonyl (C=O) groups excluding carboxylic acids is 1. The Morgan fingerprint density at radius 2 is 1.27 bits per heavy atom. The molecule has 3 rings (SSSR count). The number of hydrogen-bond donors (Lipinski definition) is 0. The van der Waals surface area contributed by atoms with Crippen molar-refractivity contribution in [2.75, 3.05) is 0 Å². The Hall–Kier alpha value is -2.63. The number of hydrogen-bond acceptors (Lipinski definition) is 3. The summed E-state index contributed by atoms with van der Waals surface area (Å²) in [5, 5.41) is 1.11. The Morgan fingerprint density at radius 1 is 0.769 bits per heavy atom. The molecule has 0 atom stereocenters. The van der Waals surface area contributed by atoms with E-state index in [-0.39, 0.29) is 18.9 Å². The quantitative estimate of drug-likeness (QED) is 0.497. The third kappa shape index (κ3) is 4.12. The topological polar surface area (TPSA) is 61.1 Å². The zero-order valence-corrected chi connectivity index (χ0v) is 15.1. The second-order valence-corrected chi connectivity index (χ2v) is 6.59. The minimum absolute atomic E-state index is 0.211. The monoisotopic (exact) mass is 388 g/mol. The molecule has 0 saturated carbocycles. The van der Waals surface area contributed by atoms with E-state index in [1.165, 1.54) is 17.0 Å². The van der Waals surface area contributed by atoms with E-state index in [0.717, 1.165) is 10.1 Å². The summed E-state index contributed by atoms with van der Waals surface area (Å²) < 4.78 is 2.41. The number of benzene rings is 2. The summed E-state index contributed by atoms with van der Waals surface area (Å²) in [6.45, 7) is 0.0364. The molecule has 0 bridgehead atoms. The van der Waals surface area contributed by atoms with E-state index in [0.29, 0.717) is 15.6 Å². The number of aromatic nitrogens is 2. The molecule has 0 aliphatic rings.